The largest absolute Gasteiger partial charge is 0.496 e. The third kappa shape index (κ3) is 5.26. The Kier molecular flexibility index (Phi) is 6.77. The van der Waals surface area contributed by atoms with E-state index in [4.69, 9.17) is 4.74 Å². The van der Waals surface area contributed by atoms with E-state index in [0.717, 1.165) is 49.4 Å². The van der Waals surface area contributed by atoms with Crippen molar-refractivity contribution in [2.24, 2.45) is 0 Å². The molecule has 0 bridgehead atoms. The van der Waals surface area contributed by atoms with E-state index in [1.165, 1.54) is 5.56 Å². The SMILES string of the molecule is COc1ccc(CN[C@@H]2CCCN(Cc3ccccc3F)C2)cc1Cn1cccn1. The predicted octanol–water partition coefficient (Wildman–Crippen LogP) is 3.83. The maximum Gasteiger partial charge on any atom is 0.127 e. The van der Waals surface area contributed by atoms with Gasteiger partial charge in [-0.15, -0.1) is 0 Å². The van der Waals surface area contributed by atoms with Gasteiger partial charge in [0.2, 0.25) is 0 Å². The van der Waals surface area contributed by atoms with E-state index in [1.807, 2.05) is 35.1 Å². The van der Waals surface area contributed by atoms with Gasteiger partial charge in [-0.25, -0.2) is 4.39 Å². The molecular weight excluding hydrogens is 379 g/mol. The van der Waals surface area contributed by atoms with Gasteiger partial charge < -0.3 is 10.1 Å². The molecule has 1 N–H and O–H groups in total. The lowest BCUT2D eigenvalue weighted by molar-refractivity contribution is 0.181. The van der Waals surface area contributed by atoms with E-state index < -0.39 is 0 Å². The smallest absolute Gasteiger partial charge is 0.127 e. The summed E-state index contributed by atoms with van der Waals surface area (Å²) < 4.78 is 21.4. The Bertz CT molecular complexity index is 944. The highest BCUT2D eigenvalue weighted by atomic mass is 19.1. The lowest BCUT2D eigenvalue weighted by atomic mass is 10.0. The maximum absolute atomic E-state index is 14.0. The van der Waals surface area contributed by atoms with E-state index >= 15 is 0 Å². The lowest BCUT2D eigenvalue weighted by Gasteiger charge is -2.33. The van der Waals surface area contributed by atoms with Crippen LogP contribution in [0.25, 0.3) is 0 Å². The van der Waals surface area contributed by atoms with Crippen molar-refractivity contribution >= 4 is 0 Å². The van der Waals surface area contributed by atoms with Crippen molar-refractivity contribution < 1.29 is 9.13 Å². The fraction of sp³-hybridized carbons (Fsp3) is 0.375. The molecule has 0 saturated carbocycles. The number of halogens is 1. The molecule has 0 spiro atoms. The lowest BCUT2D eigenvalue weighted by Crippen LogP contribution is -2.45. The van der Waals surface area contributed by atoms with Crippen LogP contribution in [0.3, 0.4) is 0 Å². The number of methoxy groups -OCH3 is 1. The van der Waals surface area contributed by atoms with Gasteiger partial charge in [0.1, 0.15) is 11.6 Å². The number of benzene rings is 2. The molecule has 1 aromatic heterocycles. The first-order valence-corrected chi connectivity index (χ1v) is 10.5. The van der Waals surface area contributed by atoms with Crippen LogP contribution in [-0.2, 0) is 19.6 Å². The predicted molar refractivity (Wildman–Crippen MR) is 116 cm³/mol. The van der Waals surface area contributed by atoms with Gasteiger partial charge in [0.15, 0.2) is 0 Å². The molecule has 6 heteroatoms. The molecule has 4 rings (SSSR count). The zero-order valence-corrected chi connectivity index (χ0v) is 17.4. The summed E-state index contributed by atoms with van der Waals surface area (Å²) in [5.41, 5.74) is 3.12. The molecule has 1 atom stereocenters. The van der Waals surface area contributed by atoms with Crippen molar-refractivity contribution in [3.63, 3.8) is 0 Å². The van der Waals surface area contributed by atoms with Crippen LogP contribution in [0, 0.1) is 5.82 Å². The van der Waals surface area contributed by atoms with E-state index in [0.29, 0.717) is 19.1 Å². The van der Waals surface area contributed by atoms with E-state index in [9.17, 15) is 4.39 Å². The molecule has 0 radical (unpaired) electrons. The topological polar surface area (TPSA) is 42.3 Å². The molecule has 0 unspecified atom stereocenters. The van der Waals surface area contributed by atoms with Gasteiger partial charge in [0, 0.05) is 49.2 Å². The fourth-order valence-electron chi connectivity index (χ4n) is 4.13. The van der Waals surface area contributed by atoms with Crippen molar-refractivity contribution in [2.75, 3.05) is 20.2 Å². The van der Waals surface area contributed by atoms with E-state index in [2.05, 4.69) is 27.4 Å². The van der Waals surface area contributed by atoms with E-state index in [1.54, 1.807) is 25.4 Å². The average Bonchev–Trinajstić information content (AvgIpc) is 3.27. The van der Waals surface area contributed by atoms with Crippen LogP contribution < -0.4 is 10.1 Å². The van der Waals surface area contributed by atoms with Crippen LogP contribution in [0.1, 0.15) is 29.5 Å². The highest BCUT2D eigenvalue weighted by Gasteiger charge is 2.20. The van der Waals surface area contributed by atoms with Crippen LogP contribution in [0.2, 0.25) is 0 Å². The minimum atomic E-state index is -0.115. The first-order chi connectivity index (χ1) is 14.7. The van der Waals surface area contributed by atoms with Gasteiger partial charge in [-0.2, -0.15) is 5.10 Å². The molecule has 3 aromatic rings. The molecule has 0 aliphatic carbocycles. The Morgan fingerprint density at radius 3 is 2.83 bits per heavy atom. The summed E-state index contributed by atoms with van der Waals surface area (Å²) in [7, 11) is 1.70. The van der Waals surface area contributed by atoms with Gasteiger partial charge in [-0.1, -0.05) is 24.3 Å². The minimum Gasteiger partial charge on any atom is -0.496 e. The standard InChI is InChI=1S/C24H29FN4O/c1-30-24-10-9-19(14-21(24)17-29-13-5-11-27-29)15-26-22-7-4-12-28(18-22)16-20-6-2-3-8-23(20)25/h2-3,5-6,8-11,13-14,22,26H,4,7,12,15-18H2,1H3/t22-/m1/s1. The molecule has 1 aliphatic rings. The second kappa shape index (κ2) is 9.87. The van der Waals surface area contributed by atoms with Crippen LogP contribution in [0.15, 0.2) is 60.9 Å². The Balaban J connectivity index is 1.35. The van der Waals surface area contributed by atoms with Crippen molar-refractivity contribution in [3.05, 3.63) is 83.4 Å². The van der Waals surface area contributed by atoms with Gasteiger partial charge in [-0.05, 0) is 49.2 Å². The van der Waals surface area contributed by atoms with E-state index in [-0.39, 0.29) is 5.82 Å². The van der Waals surface area contributed by atoms with Crippen LogP contribution in [-0.4, -0.2) is 40.9 Å². The second-order valence-corrected chi connectivity index (χ2v) is 7.90. The van der Waals surface area contributed by atoms with Crippen LogP contribution in [0.5, 0.6) is 5.75 Å². The molecule has 1 fully saturated rings. The number of piperidine rings is 1. The molecule has 2 aromatic carbocycles. The minimum absolute atomic E-state index is 0.115. The van der Waals surface area contributed by atoms with Gasteiger partial charge in [-0.3, -0.25) is 9.58 Å². The zero-order valence-electron chi connectivity index (χ0n) is 17.4. The second-order valence-electron chi connectivity index (χ2n) is 7.90. The van der Waals surface area contributed by atoms with Gasteiger partial charge >= 0.3 is 0 Å². The quantitative estimate of drug-likeness (QED) is 0.615. The highest BCUT2D eigenvalue weighted by molar-refractivity contribution is 5.37. The molecule has 1 saturated heterocycles. The summed E-state index contributed by atoms with van der Waals surface area (Å²) >= 11 is 0. The summed E-state index contributed by atoms with van der Waals surface area (Å²) in [6.07, 6.45) is 6.01. The number of hydrogen-bond donors (Lipinski definition) is 1. The van der Waals surface area contributed by atoms with Crippen molar-refractivity contribution in [2.45, 2.75) is 38.5 Å². The number of nitrogens with one attached hydrogen (secondary N) is 1. The number of ether oxygens (including phenoxy) is 1. The molecule has 30 heavy (non-hydrogen) atoms. The number of likely N-dealkylation sites (tertiary alicyclic amines) is 1. The molecule has 5 nitrogen and oxygen atoms in total. The third-order valence-corrected chi connectivity index (χ3v) is 5.69. The van der Waals surface area contributed by atoms with Crippen LogP contribution in [0.4, 0.5) is 4.39 Å². The number of rotatable bonds is 8. The Morgan fingerprint density at radius 1 is 1.13 bits per heavy atom. The fourth-order valence-corrected chi connectivity index (χ4v) is 4.13. The first kappa shape index (κ1) is 20.6. The molecule has 1 aliphatic heterocycles. The molecule has 158 valence electrons. The summed E-state index contributed by atoms with van der Waals surface area (Å²) in [5, 5.41) is 7.99. The van der Waals surface area contributed by atoms with Crippen LogP contribution >= 0.6 is 0 Å². The van der Waals surface area contributed by atoms with Crippen molar-refractivity contribution in [1.82, 2.24) is 20.0 Å². The molecule has 0 amide bonds. The summed E-state index contributed by atoms with van der Waals surface area (Å²) in [6, 6.07) is 15.7. The number of nitrogens with zero attached hydrogens (tertiary/aromatic N) is 3. The molecular formula is C24H29FN4O. The van der Waals surface area contributed by atoms with Gasteiger partial charge in [0.05, 0.1) is 13.7 Å². The first-order valence-electron chi connectivity index (χ1n) is 10.5. The number of hydrogen-bond acceptors (Lipinski definition) is 4. The van der Waals surface area contributed by atoms with Crippen molar-refractivity contribution in [1.29, 1.82) is 0 Å². The normalized spacial score (nSPS) is 17.2. The van der Waals surface area contributed by atoms with Gasteiger partial charge in [0.25, 0.3) is 0 Å². The summed E-state index contributed by atoms with van der Waals surface area (Å²) in [5.74, 6) is 0.763. The maximum atomic E-state index is 14.0. The number of aromatic nitrogens is 2. The highest BCUT2D eigenvalue weighted by Crippen LogP contribution is 2.22. The Hall–Kier alpha value is -2.70. The zero-order chi connectivity index (χ0) is 20.8. The van der Waals surface area contributed by atoms with Crippen molar-refractivity contribution in [3.8, 4) is 5.75 Å². The summed E-state index contributed by atoms with van der Waals surface area (Å²) in [4.78, 5) is 2.34. The Morgan fingerprint density at radius 2 is 2.03 bits per heavy atom. The average molecular weight is 409 g/mol. The monoisotopic (exact) mass is 408 g/mol. The third-order valence-electron chi connectivity index (χ3n) is 5.69. The molecule has 2 heterocycles. The summed E-state index contributed by atoms with van der Waals surface area (Å²) in [6.45, 7) is 4.10. The Labute approximate surface area is 177 Å².